The molecule has 0 spiro atoms. The second kappa shape index (κ2) is 7.21. The van der Waals surface area contributed by atoms with Gasteiger partial charge < -0.3 is 14.6 Å². The number of nitrogens with zero attached hydrogens (tertiary/aromatic N) is 3. The zero-order chi connectivity index (χ0) is 18.2. The minimum atomic E-state index is 0.608. The van der Waals surface area contributed by atoms with Gasteiger partial charge in [-0.3, -0.25) is 0 Å². The number of pyridine rings is 2. The van der Waals surface area contributed by atoms with E-state index in [9.17, 15) is 0 Å². The van der Waals surface area contributed by atoms with E-state index in [0.717, 1.165) is 29.7 Å². The highest BCUT2D eigenvalue weighted by Crippen LogP contribution is 2.40. The fourth-order valence-electron chi connectivity index (χ4n) is 5.29. The number of H-pyrrole nitrogens is 1. The number of fused-ring (bicyclic) bond motifs is 3. The van der Waals surface area contributed by atoms with E-state index < -0.39 is 0 Å². The van der Waals surface area contributed by atoms with Gasteiger partial charge in [-0.1, -0.05) is 6.07 Å². The highest BCUT2D eigenvalue weighted by atomic mass is 16.5. The molecular formula is C22H28N4O. The van der Waals surface area contributed by atoms with Gasteiger partial charge in [0.05, 0.1) is 18.3 Å². The van der Waals surface area contributed by atoms with Crippen molar-refractivity contribution in [2.24, 2.45) is 5.92 Å². The van der Waals surface area contributed by atoms with E-state index in [-0.39, 0.29) is 0 Å². The van der Waals surface area contributed by atoms with Crippen LogP contribution in [0.15, 0.2) is 30.7 Å². The van der Waals surface area contributed by atoms with Crippen molar-refractivity contribution in [2.45, 2.75) is 44.1 Å². The van der Waals surface area contributed by atoms with Gasteiger partial charge in [-0.15, -0.1) is 0 Å². The van der Waals surface area contributed by atoms with Gasteiger partial charge in [-0.2, -0.15) is 0 Å². The predicted molar refractivity (Wildman–Crippen MR) is 108 cm³/mol. The lowest BCUT2D eigenvalue weighted by Gasteiger charge is -2.34. The van der Waals surface area contributed by atoms with Crippen LogP contribution in [0.5, 0.6) is 0 Å². The Bertz CT molecular complexity index is 928. The highest BCUT2D eigenvalue weighted by Gasteiger charge is 2.32. The standard InChI is InChI=1S/C22H28N4O/c1-27-14-15-8-10-26(13-15)17-6-4-16(5-7-17)19-11-24-22-21(19)18-3-2-9-23-20(18)12-25-22/h2-3,9,11-12,15-17,23H,4-8,10,13-14H2,1H3. The Balaban J connectivity index is 1.34. The predicted octanol–water partition coefficient (Wildman–Crippen LogP) is 4.11. The first-order chi connectivity index (χ1) is 13.3. The van der Waals surface area contributed by atoms with Gasteiger partial charge in [0, 0.05) is 42.9 Å². The van der Waals surface area contributed by atoms with Crippen LogP contribution in [0, 0.1) is 5.92 Å². The summed E-state index contributed by atoms with van der Waals surface area (Å²) in [6.45, 7) is 3.37. The monoisotopic (exact) mass is 364 g/mol. The average Bonchev–Trinajstić information content (AvgIpc) is 3.36. The minimum Gasteiger partial charge on any atom is -0.384 e. The maximum Gasteiger partial charge on any atom is 0.160 e. The quantitative estimate of drug-likeness (QED) is 0.757. The molecule has 27 heavy (non-hydrogen) atoms. The summed E-state index contributed by atoms with van der Waals surface area (Å²) < 4.78 is 5.36. The van der Waals surface area contributed by atoms with Crippen molar-refractivity contribution in [1.82, 2.24) is 19.9 Å². The summed E-state index contributed by atoms with van der Waals surface area (Å²) in [4.78, 5) is 15.2. The first-order valence-electron chi connectivity index (χ1n) is 10.3. The van der Waals surface area contributed by atoms with Crippen LogP contribution in [-0.2, 0) is 4.74 Å². The lowest BCUT2D eigenvalue weighted by molar-refractivity contribution is 0.136. The number of hydrogen-bond acceptors (Lipinski definition) is 4. The number of hydrogen-bond donors (Lipinski definition) is 1. The normalized spacial score (nSPS) is 26.9. The Labute approximate surface area is 160 Å². The van der Waals surface area contributed by atoms with Gasteiger partial charge in [0.25, 0.3) is 0 Å². The number of aromatic nitrogens is 3. The third-order valence-corrected chi connectivity index (χ3v) is 6.68. The molecule has 5 nitrogen and oxygen atoms in total. The Morgan fingerprint density at radius 3 is 2.85 bits per heavy atom. The van der Waals surface area contributed by atoms with Crippen molar-refractivity contribution in [3.05, 3.63) is 36.3 Å². The number of likely N-dealkylation sites (tertiary alicyclic amines) is 1. The molecule has 1 aliphatic heterocycles. The first kappa shape index (κ1) is 17.1. The van der Waals surface area contributed by atoms with E-state index in [0.29, 0.717) is 5.92 Å². The van der Waals surface area contributed by atoms with Crippen molar-refractivity contribution < 1.29 is 4.74 Å². The van der Waals surface area contributed by atoms with Crippen molar-refractivity contribution in [2.75, 3.05) is 26.8 Å². The van der Waals surface area contributed by atoms with Gasteiger partial charge >= 0.3 is 0 Å². The molecule has 3 aromatic rings. The fourth-order valence-corrected chi connectivity index (χ4v) is 5.29. The maximum atomic E-state index is 5.36. The Morgan fingerprint density at radius 1 is 1.15 bits per heavy atom. The van der Waals surface area contributed by atoms with Crippen LogP contribution in [0.2, 0.25) is 0 Å². The zero-order valence-electron chi connectivity index (χ0n) is 16.0. The smallest absolute Gasteiger partial charge is 0.160 e. The summed E-state index contributed by atoms with van der Waals surface area (Å²) in [7, 11) is 1.82. The van der Waals surface area contributed by atoms with Crippen LogP contribution in [-0.4, -0.2) is 52.7 Å². The topological polar surface area (TPSA) is 54.0 Å². The summed E-state index contributed by atoms with van der Waals surface area (Å²) in [6.07, 6.45) is 12.3. The van der Waals surface area contributed by atoms with E-state index in [1.54, 1.807) is 0 Å². The molecule has 0 radical (unpaired) electrons. The van der Waals surface area contributed by atoms with Gasteiger partial charge in [-0.25, -0.2) is 9.97 Å². The zero-order valence-corrected chi connectivity index (χ0v) is 16.0. The van der Waals surface area contributed by atoms with E-state index in [4.69, 9.17) is 4.74 Å². The summed E-state index contributed by atoms with van der Waals surface area (Å²) in [6, 6.07) is 5.01. The molecule has 1 saturated heterocycles. The van der Waals surface area contributed by atoms with Gasteiger partial charge in [0.15, 0.2) is 5.65 Å². The van der Waals surface area contributed by atoms with Crippen LogP contribution in [0.3, 0.4) is 0 Å². The first-order valence-corrected chi connectivity index (χ1v) is 10.3. The van der Waals surface area contributed by atoms with Gasteiger partial charge in [0.1, 0.15) is 0 Å². The number of aromatic amines is 1. The van der Waals surface area contributed by atoms with Crippen LogP contribution in [0.1, 0.15) is 43.6 Å². The second-order valence-electron chi connectivity index (χ2n) is 8.28. The molecule has 142 valence electrons. The number of ether oxygens (including phenoxy) is 1. The molecule has 4 heterocycles. The summed E-state index contributed by atoms with van der Waals surface area (Å²) >= 11 is 0. The molecule has 1 aliphatic carbocycles. The Morgan fingerprint density at radius 2 is 2.00 bits per heavy atom. The molecule has 0 aromatic carbocycles. The molecule has 5 rings (SSSR count). The number of nitrogens with one attached hydrogen (secondary N) is 1. The molecular weight excluding hydrogens is 336 g/mol. The van der Waals surface area contributed by atoms with Crippen LogP contribution in [0.25, 0.3) is 21.9 Å². The van der Waals surface area contributed by atoms with Crippen LogP contribution >= 0.6 is 0 Å². The highest BCUT2D eigenvalue weighted by molar-refractivity contribution is 6.05. The molecule has 2 aliphatic rings. The second-order valence-corrected chi connectivity index (χ2v) is 8.28. The molecule has 3 aromatic heterocycles. The average molecular weight is 364 g/mol. The maximum absolute atomic E-state index is 5.36. The van der Waals surface area contributed by atoms with Crippen LogP contribution < -0.4 is 0 Å². The molecule has 0 amide bonds. The SMILES string of the molecule is COCC1CCN(C2CCC(c3cnc4ncc5[nH]cccc5c34)CC2)C1. The van der Waals surface area contributed by atoms with Gasteiger partial charge in [-0.05, 0) is 62.1 Å². The summed E-state index contributed by atoms with van der Waals surface area (Å²) in [5.41, 5.74) is 3.38. The Kier molecular flexibility index (Phi) is 4.58. The van der Waals surface area contributed by atoms with Crippen LogP contribution in [0.4, 0.5) is 0 Å². The van der Waals surface area contributed by atoms with E-state index in [1.807, 2.05) is 19.5 Å². The summed E-state index contributed by atoms with van der Waals surface area (Å²) in [5, 5.41) is 2.51. The molecule has 1 unspecified atom stereocenters. The molecule has 5 heteroatoms. The van der Waals surface area contributed by atoms with E-state index in [2.05, 4.69) is 38.2 Å². The van der Waals surface area contributed by atoms with Gasteiger partial charge in [0.2, 0.25) is 0 Å². The number of rotatable bonds is 4. The van der Waals surface area contributed by atoms with Crippen molar-refractivity contribution in [3.8, 4) is 0 Å². The third-order valence-electron chi connectivity index (χ3n) is 6.68. The number of methoxy groups -OCH3 is 1. The van der Waals surface area contributed by atoms with Crippen molar-refractivity contribution >= 4 is 21.9 Å². The molecule has 2 fully saturated rings. The largest absolute Gasteiger partial charge is 0.384 e. The molecule has 0 bridgehead atoms. The minimum absolute atomic E-state index is 0.608. The van der Waals surface area contributed by atoms with Crippen molar-refractivity contribution in [1.29, 1.82) is 0 Å². The lowest BCUT2D eigenvalue weighted by Crippen LogP contribution is -2.36. The molecule has 1 N–H and O–H groups in total. The lowest BCUT2D eigenvalue weighted by atomic mass is 9.81. The molecule has 1 saturated carbocycles. The third kappa shape index (κ3) is 3.13. The summed E-state index contributed by atoms with van der Waals surface area (Å²) in [5.74, 6) is 1.33. The molecule has 1 atom stereocenters. The Hall–Kier alpha value is -1.98. The van der Waals surface area contributed by atoms with E-state index in [1.165, 1.54) is 61.5 Å². The fraction of sp³-hybridized carbons (Fsp3) is 0.545. The van der Waals surface area contributed by atoms with E-state index >= 15 is 0 Å². The van der Waals surface area contributed by atoms with Crippen molar-refractivity contribution in [3.63, 3.8) is 0 Å².